The molecule has 30 heavy (non-hydrogen) atoms. The van der Waals surface area contributed by atoms with E-state index in [-0.39, 0.29) is 0 Å². The number of hydrogen-bond donors (Lipinski definition) is 2. The summed E-state index contributed by atoms with van der Waals surface area (Å²) in [5, 5.41) is 3.44. The van der Waals surface area contributed by atoms with Crippen molar-refractivity contribution in [3.8, 4) is 0 Å². The number of imide groups is 1. The van der Waals surface area contributed by atoms with Gasteiger partial charge in [0, 0.05) is 0 Å². The average Bonchev–Trinajstić information content (AvgIpc) is 2.98. The highest BCUT2D eigenvalue weighted by Gasteiger charge is 2.52. The Hall–Kier alpha value is -2.90. The summed E-state index contributed by atoms with van der Waals surface area (Å²) in [6, 6.07) is 4.81. The number of urea groups is 1. The summed E-state index contributed by atoms with van der Waals surface area (Å²) >= 11 is 0. The Morgan fingerprint density at radius 3 is 2.60 bits per heavy atom. The number of hydrogen-bond acceptors (Lipinski definition) is 5. The van der Waals surface area contributed by atoms with Crippen molar-refractivity contribution in [1.82, 2.24) is 15.8 Å². The molecule has 0 unspecified atom stereocenters. The van der Waals surface area contributed by atoms with Crippen LogP contribution in [-0.4, -0.2) is 41.0 Å². The maximum absolute atomic E-state index is 12.8. The molecule has 8 nitrogen and oxygen atoms in total. The Morgan fingerprint density at radius 1 is 1.17 bits per heavy atom. The number of hydrazine groups is 1. The molecule has 0 radical (unpaired) electrons. The summed E-state index contributed by atoms with van der Waals surface area (Å²) in [6.45, 7) is 1.54. The number of fused-ring (bicyclic) bond motifs is 1. The molecule has 2 aliphatic carbocycles. The smallest absolute Gasteiger partial charge is 0.344 e. The van der Waals surface area contributed by atoms with Crippen molar-refractivity contribution >= 4 is 23.8 Å². The Balaban J connectivity index is 1.32. The van der Waals surface area contributed by atoms with Gasteiger partial charge in [-0.05, 0) is 80.5 Å². The fourth-order valence-corrected chi connectivity index (χ4v) is 4.55. The number of aryl methyl sites for hydroxylation is 2. The van der Waals surface area contributed by atoms with E-state index in [2.05, 4.69) is 17.7 Å². The zero-order valence-electron chi connectivity index (χ0n) is 17.2. The monoisotopic (exact) mass is 413 g/mol. The Morgan fingerprint density at radius 2 is 1.87 bits per heavy atom. The molecule has 160 valence electrons. The van der Waals surface area contributed by atoms with Crippen LogP contribution in [0.2, 0.25) is 0 Å². The summed E-state index contributed by atoms with van der Waals surface area (Å²) in [6.07, 6.45) is 6.98. The van der Waals surface area contributed by atoms with E-state index in [0.29, 0.717) is 29.3 Å². The third kappa shape index (κ3) is 3.91. The highest BCUT2D eigenvalue weighted by molar-refractivity contribution is 6.08. The second-order valence-electron chi connectivity index (χ2n) is 8.64. The van der Waals surface area contributed by atoms with Gasteiger partial charge < -0.3 is 10.1 Å². The van der Waals surface area contributed by atoms with Crippen LogP contribution in [0.25, 0.3) is 0 Å². The number of nitrogens with one attached hydrogen (secondary N) is 2. The Kier molecular flexibility index (Phi) is 5.49. The van der Waals surface area contributed by atoms with Gasteiger partial charge in [0.1, 0.15) is 5.54 Å². The van der Waals surface area contributed by atoms with Crippen LogP contribution in [0, 0.1) is 5.92 Å². The number of esters is 1. The predicted octanol–water partition coefficient (Wildman–Crippen LogP) is 2.25. The second kappa shape index (κ2) is 8.08. The molecular formula is C22H27N3O5. The zero-order valence-corrected chi connectivity index (χ0v) is 17.2. The van der Waals surface area contributed by atoms with Crippen LogP contribution in [0.15, 0.2) is 18.2 Å². The molecule has 0 aromatic heterocycles. The summed E-state index contributed by atoms with van der Waals surface area (Å²) in [4.78, 5) is 49.5. The minimum atomic E-state index is -0.934. The predicted molar refractivity (Wildman–Crippen MR) is 107 cm³/mol. The number of carbonyl (C=O) groups excluding carboxylic acids is 4. The number of carbonyl (C=O) groups is 4. The van der Waals surface area contributed by atoms with Crippen molar-refractivity contribution in [3.05, 3.63) is 34.9 Å². The molecule has 2 fully saturated rings. The first kappa shape index (κ1) is 20.4. The highest BCUT2D eigenvalue weighted by Crippen LogP contribution is 2.35. The topological polar surface area (TPSA) is 105 Å². The molecule has 1 aliphatic heterocycles. The van der Waals surface area contributed by atoms with E-state index < -0.39 is 36.0 Å². The van der Waals surface area contributed by atoms with Crippen LogP contribution in [0.4, 0.5) is 4.79 Å². The van der Waals surface area contributed by atoms with Crippen molar-refractivity contribution in [2.75, 3.05) is 6.61 Å². The maximum Gasteiger partial charge on any atom is 0.344 e. The largest absolute Gasteiger partial charge is 0.452 e. The minimum Gasteiger partial charge on any atom is -0.452 e. The van der Waals surface area contributed by atoms with Crippen molar-refractivity contribution in [2.24, 2.45) is 5.92 Å². The number of rotatable bonds is 4. The van der Waals surface area contributed by atoms with E-state index in [0.717, 1.165) is 44.1 Å². The first-order chi connectivity index (χ1) is 14.4. The molecule has 2 N–H and O–H groups in total. The summed E-state index contributed by atoms with van der Waals surface area (Å²) in [7, 11) is 0. The van der Waals surface area contributed by atoms with E-state index >= 15 is 0 Å². The van der Waals surface area contributed by atoms with E-state index in [9.17, 15) is 19.2 Å². The maximum atomic E-state index is 12.8. The number of ether oxygens (including phenoxy) is 1. The first-order valence-electron chi connectivity index (χ1n) is 10.6. The molecule has 0 atom stereocenters. The van der Waals surface area contributed by atoms with Crippen molar-refractivity contribution in [2.45, 2.75) is 63.8 Å². The van der Waals surface area contributed by atoms with Gasteiger partial charge in [0.05, 0.1) is 5.56 Å². The highest BCUT2D eigenvalue weighted by atomic mass is 16.5. The number of nitrogens with zero attached hydrogens (tertiary/aromatic N) is 1. The van der Waals surface area contributed by atoms with Gasteiger partial charge in [0.15, 0.2) is 6.61 Å². The lowest BCUT2D eigenvalue weighted by Gasteiger charge is -2.33. The molecule has 1 heterocycles. The lowest BCUT2D eigenvalue weighted by Crippen LogP contribution is -2.52. The molecule has 1 aromatic rings. The lowest BCUT2D eigenvalue weighted by atomic mass is 9.77. The average molecular weight is 413 g/mol. The quantitative estimate of drug-likeness (QED) is 0.582. The summed E-state index contributed by atoms with van der Waals surface area (Å²) < 4.78 is 5.09. The van der Waals surface area contributed by atoms with Gasteiger partial charge in [-0.25, -0.2) is 9.59 Å². The van der Waals surface area contributed by atoms with Gasteiger partial charge >= 0.3 is 12.0 Å². The van der Waals surface area contributed by atoms with Gasteiger partial charge in [-0.15, -0.1) is 0 Å². The SMILES string of the molecule is CC1CCC2(CC1)NC(=O)N(NC(=O)COC(=O)c1ccc3c(c1)CCCC3)C2=O. The molecule has 1 aromatic carbocycles. The molecule has 1 spiro atoms. The third-order valence-corrected chi connectivity index (χ3v) is 6.44. The number of benzene rings is 1. The standard InChI is InChI=1S/C22H27N3O5/c1-14-8-10-22(11-9-14)20(28)25(21(29)23-22)24-18(26)13-30-19(27)17-7-6-15-4-2-3-5-16(15)12-17/h6-7,12,14H,2-5,8-11,13H2,1H3,(H,23,29)(H,24,26). The first-order valence-corrected chi connectivity index (χ1v) is 10.6. The molecule has 4 rings (SSSR count). The molecule has 4 amide bonds. The molecule has 1 saturated carbocycles. The Bertz CT molecular complexity index is 889. The van der Waals surface area contributed by atoms with Crippen LogP contribution >= 0.6 is 0 Å². The van der Waals surface area contributed by atoms with Crippen molar-refractivity contribution < 1.29 is 23.9 Å². The van der Waals surface area contributed by atoms with Crippen LogP contribution < -0.4 is 10.7 Å². The van der Waals surface area contributed by atoms with Gasteiger partial charge in [-0.2, -0.15) is 5.01 Å². The van der Waals surface area contributed by atoms with Gasteiger partial charge in [-0.1, -0.05) is 13.0 Å². The minimum absolute atomic E-state index is 0.397. The molecule has 3 aliphatic rings. The lowest BCUT2D eigenvalue weighted by molar-refractivity contribution is -0.141. The summed E-state index contributed by atoms with van der Waals surface area (Å²) in [5.41, 5.74) is 4.13. The third-order valence-electron chi connectivity index (χ3n) is 6.44. The fraction of sp³-hybridized carbons (Fsp3) is 0.545. The van der Waals surface area contributed by atoms with E-state index in [1.54, 1.807) is 6.07 Å². The number of amides is 4. The second-order valence-corrected chi connectivity index (χ2v) is 8.64. The normalized spacial score (nSPS) is 25.6. The van der Waals surface area contributed by atoms with Crippen LogP contribution in [0.1, 0.15) is 66.9 Å². The van der Waals surface area contributed by atoms with Crippen LogP contribution in [0.5, 0.6) is 0 Å². The van der Waals surface area contributed by atoms with Gasteiger partial charge in [-0.3, -0.25) is 15.0 Å². The van der Waals surface area contributed by atoms with Gasteiger partial charge in [0.2, 0.25) is 0 Å². The van der Waals surface area contributed by atoms with E-state index in [1.807, 2.05) is 12.1 Å². The molecular weight excluding hydrogens is 386 g/mol. The Labute approximate surface area is 175 Å². The van der Waals surface area contributed by atoms with E-state index in [4.69, 9.17) is 4.74 Å². The molecule has 0 bridgehead atoms. The fourth-order valence-electron chi connectivity index (χ4n) is 4.55. The zero-order chi connectivity index (χ0) is 21.3. The van der Waals surface area contributed by atoms with Crippen molar-refractivity contribution in [1.29, 1.82) is 0 Å². The van der Waals surface area contributed by atoms with Crippen LogP contribution in [-0.2, 0) is 27.2 Å². The molecule has 8 heteroatoms. The summed E-state index contributed by atoms with van der Waals surface area (Å²) in [5.74, 6) is -1.28. The molecule has 1 saturated heterocycles. The van der Waals surface area contributed by atoms with Crippen molar-refractivity contribution in [3.63, 3.8) is 0 Å². The van der Waals surface area contributed by atoms with E-state index in [1.165, 1.54) is 5.56 Å². The van der Waals surface area contributed by atoms with Gasteiger partial charge in [0.25, 0.3) is 11.8 Å². The van der Waals surface area contributed by atoms with Crippen LogP contribution in [0.3, 0.4) is 0 Å².